The van der Waals surface area contributed by atoms with Crippen LogP contribution in [0, 0.1) is 0 Å². The molecule has 0 saturated carbocycles. The minimum atomic E-state index is -4.38. The Bertz CT molecular complexity index is 887. The molecule has 1 aliphatic heterocycles. The van der Waals surface area contributed by atoms with Gasteiger partial charge in [0.25, 0.3) is 0 Å². The van der Waals surface area contributed by atoms with Crippen molar-refractivity contribution in [1.29, 1.82) is 0 Å². The second-order valence-corrected chi connectivity index (χ2v) is 8.67. The van der Waals surface area contributed by atoms with Gasteiger partial charge in [-0.3, -0.25) is 0 Å². The average molecular weight is 460 g/mol. The predicted octanol–water partition coefficient (Wildman–Crippen LogP) is 5.12. The zero-order chi connectivity index (χ0) is 22.1. The molecule has 2 aromatic rings. The molecule has 2 atom stereocenters. The third-order valence-electron chi connectivity index (χ3n) is 5.08. The Morgan fingerprint density at radius 3 is 2.55 bits per heavy atom. The number of ether oxygens (including phenoxy) is 2. The lowest BCUT2D eigenvalue weighted by molar-refractivity contribution is -0.137. The van der Waals surface area contributed by atoms with E-state index in [1.165, 1.54) is 12.1 Å². The lowest BCUT2D eigenvalue weighted by Crippen LogP contribution is -2.35. The van der Waals surface area contributed by atoms with E-state index in [9.17, 15) is 18.3 Å². The minimum Gasteiger partial charge on any atom is -0.491 e. The standard InChI is InChI=1S/C23H28F3NO3.ClH/c1-22(2)12-20(15-6-5-7-16(10-15)23(24,25)26)19-9-8-18(11-21(19)30-22)29-14-17(28)13-27(3)4;/h5-11,17,20,28H,12-14H2,1-4H3;1H. The lowest BCUT2D eigenvalue weighted by Gasteiger charge is -2.38. The zero-order valence-corrected chi connectivity index (χ0v) is 18.9. The van der Waals surface area contributed by atoms with Crippen molar-refractivity contribution in [2.45, 2.75) is 44.1 Å². The van der Waals surface area contributed by atoms with Gasteiger partial charge in [-0.05, 0) is 52.1 Å². The van der Waals surface area contributed by atoms with Crippen molar-refractivity contribution in [3.8, 4) is 11.5 Å². The van der Waals surface area contributed by atoms with Crippen LogP contribution < -0.4 is 9.47 Å². The SMILES string of the molecule is CN(C)CC(O)COc1ccc2c(c1)OC(C)(C)CC2c1cccc(C(F)(F)F)c1.Cl. The van der Waals surface area contributed by atoms with E-state index in [1.807, 2.05) is 38.9 Å². The molecule has 4 nitrogen and oxygen atoms in total. The van der Waals surface area contributed by atoms with Gasteiger partial charge in [0.05, 0.1) is 5.56 Å². The lowest BCUT2D eigenvalue weighted by atomic mass is 9.79. The van der Waals surface area contributed by atoms with Crippen molar-refractivity contribution in [2.75, 3.05) is 27.2 Å². The van der Waals surface area contributed by atoms with Gasteiger partial charge in [-0.2, -0.15) is 13.2 Å². The molecule has 1 aliphatic rings. The molecule has 31 heavy (non-hydrogen) atoms. The summed E-state index contributed by atoms with van der Waals surface area (Å²) in [6.45, 7) is 4.46. The van der Waals surface area contributed by atoms with E-state index >= 15 is 0 Å². The summed E-state index contributed by atoms with van der Waals surface area (Å²) in [5.41, 5.74) is 0.239. The number of aliphatic hydroxyl groups excluding tert-OH is 1. The third kappa shape index (κ3) is 6.51. The van der Waals surface area contributed by atoms with Crippen LogP contribution >= 0.6 is 12.4 Å². The summed E-state index contributed by atoms with van der Waals surface area (Å²) in [6.07, 6.45) is -4.46. The van der Waals surface area contributed by atoms with Gasteiger partial charge in [-0.1, -0.05) is 24.3 Å². The first kappa shape index (κ1) is 25.3. The fraction of sp³-hybridized carbons (Fsp3) is 0.478. The van der Waals surface area contributed by atoms with Crippen LogP contribution in [-0.4, -0.2) is 49.0 Å². The molecule has 8 heteroatoms. The van der Waals surface area contributed by atoms with E-state index in [0.29, 0.717) is 30.0 Å². The van der Waals surface area contributed by atoms with Crippen LogP contribution in [0.2, 0.25) is 0 Å². The van der Waals surface area contributed by atoms with E-state index in [4.69, 9.17) is 9.47 Å². The highest BCUT2D eigenvalue weighted by Gasteiger charge is 2.36. The minimum absolute atomic E-state index is 0. The summed E-state index contributed by atoms with van der Waals surface area (Å²) >= 11 is 0. The number of halogens is 4. The van der Waals surface area contributed by atoms with Gasteiger partial charge in [-0.15, -0.1) is 12.4 Å². The van der Waals surface area contributed by atoms with Gasteiger partial charge in [0, 0.05) is 24.1 Å². The maximum absolute atomic E-state index is 13.2. The van der Waals surface area contributed by atoms with E-state index in [2.05, 4.69) is 0 Å². The van der Waals surface area contributed by atoms with Gasteiger partial charge in [0.2, 0.25) is 0 Å². The van der Waals surface area contributed by atoms with Crippen LogP contribution in [0.5, 0.6) is 11.5 Å². The molecular formula is C23H29ClF3NO3. The highest BCUT2D eigenvalue weighted by atomic mass is 35.5. The largest absolute Gasteiger partial charge is 0.491 e. The topological polar surface area (TPSA) is 41.9 Å². The number of aliphatic hydroxyl groups is 1. The fourth-order valence-electron chi connectivity index (χ4n) is 3.82. The highest BCUT2D eigenvalue weighted by molar-refractivity contribution is 5.85. The Hall–Kier alpha value is -1.96. The Morgan fingerprint density at radius 2 is 1.90 bits per heavy atom. The fourth-order valence-corrected chi connectivity index (χ4v) is 3.82. The van der Waals surface area contributed by atoms with Crippen molar-refractivity contribution in [2.24, 2.45) is 0 Å². The molecule has 172 valence electrons. The van der Waals surface area contributed by atoms with Crippen LogP contribution in [0.25, 0.3) is 0 Å². The maximum Gasteiger partial charge on any atom is 0.416 e. The zero-order valence-electron chi connectivity index (χ0n) is 18.1. The number of alkyl halides is 3. The molecule has 0 aliphatic carbocycles. The molecule has 2 unspecified atom stereocenters. The van der Waals surface area contributed by atoms with Crippen molar-refractivity contribution in [1.82, 2.24) is 4.90 Å². The normalized spacial score (nSPS) is 18.5. The number of hydrogen-bond donors (Lipinski definition) is 1. The Balaban J connectivity index is 0.00000341. The molecule has 0 radical (unpaired) electrons. The number of likely N-dealkylation sites (N-methyl/N-ethyl adjacent to an activating group) is 1. The molecule has 0 amide bonds. The van der Waals surface area contributed by atoms with E-state index in [0.717, 1.165) is 11.6 Å². The molecule has 0 bridgehead atoms. The van der Waals surface area contributed by atoms with Crippen LogP contribution in [0.15, 0.2) is 42.5 Å². The molecule has 0 aromatic heterocycles. The van der Waals surface area contributed by atoms with Crippen molar-refractivity contribution < 1.29 is 27.8 Å². The Kier molecular flexibility index (Phi) is 7.89. The summed E-state index contributed by atoms with van der Waals surface area (Å²) < 4.78 is 51.4. The predicted molar refractivity (Wildman–Crippen MR) is 116 cm³/mol. The number of nitrogens with zero attached hydrogens (tertiary/aromatic N) is 1. The highest BCUT2D eigenvalue weighted by Crippen LogP contribution is 2.46. The Labute approximate surface area is 187 Å². The molecule has 0 spiro atoms. The number of hydrogen-bond acceptors (Lipinski definition) is 4. The molecular weight excluding hydrogens is 431 g/mol. The smallest absolute Gasteiger partial charge is 0.416 e. The summed E-state index contributed by atoms with van der Waals surface area (Å²) in [6, 6.07) is 10.8. The molecule has 2 aromatic carbocycles. The molecule has 0 saturated heterocycles. The summed E-state index contributed by atoms with van der Waals surface area (Å²) in [4.78, 5) is 1.87. The first-order valence-corrected chi connectivity index (χ1v) is 9.90. The van der Waals surface area contributed by atoms with Gasteiger partial charge in [0.1, 0.15) is 29.8 Å². The van der Waals surface area contributed by atoms with Crippen molar-refractivity contribution in [3.63, 3.8) is 0 Å². The number of rotatable bonds is 6. The Morgan fingerprint density at radius 1 is 1.19 bits per heavy atom. The number of fused-ring (bicyclic) bond motifs is 1. The van der Waals surface area contributed by atoms with Crippen LogP contribution in [0.4, 0.5) is 13.2 Å². The first-order valence-electron chi connectivity index (χ1n) is 9.90. The van der Waals surface area contributed by atoms with Crippen LogP contribution in [0.3, 0.4) is 0 Å². The van der Waals surface area contributed by atoms with Crippen LogP contribution in [0.1, 0.15) is 42.9 Å². The molecule has 3 rings (SSSR count). The van der Waals surface area contributed by atoms with Crippen molar-refractivity contribution >= 4 is 12.4 Å². The van der Waals surface area contributed by atoms with E-state index in [1.54, 1.807) is 18.2 Å². The second-order valence-electron chi connectivity index (χ2n) is 8.67. The molecule has 1 heterocycles. The summed E-state index contributed by atoms with van der Waals surface area (Å²) in [7, 11) is 3.73. The summed E-state index contributed by atoms with van der Waals surface area (Å²) in [5.74, 6) is 0.916. The quantitative estimate of drug-likeness (QED) is 0.651. The van der Waals surface area contributed by atoms with Crippen molar-refractivity contribution in [3.05, 3.63) is 59.2 Å². The second kappa shape index (κ2) is 9.67. The monoisotopic (exact) mass is 459 g/mol. The van der Waals surface area contributed by atoms with Gasteiger partial charge < -0.3 is 19.5 Å². The number of benzene rings is 2. The average Bonchev–Trinajstić information content (AvgIpc) is 2.63. The third-order valence-corrected chi connectivity index (χ3v) is 5.08. The van der Waals surface area contributed by atoms with Crippen LogP contribution in [-0.2, 0) is 6.18 Å². The van der Waals surface area contributed by atoms with Gasteiger partial charge in [0.15, 0.2) is 0 Å². The first-order chi connectivity index (χ1) is 13.9. The van der Waals surface area contributed by atoms with Gasteiger partial charge >= 0.3 is 6.18 Å². The van der Waals surface area contributed by atoms with E-state index in [-0.39, 0.29) is 24.9 Å². The molecule has 0 fully saturated rings. The van der Waals surface area contributed by atoms with E-state index < -0.39 is 23.4 Å². The van der Waals surface area contributed by atoms with Gasteiger partial charge in [-0.25, -0.2) is 0 Å². The molecule has 1 N–H and O–H groups in total. The maximum atomic E-state index is 13.2. The summed E-state index contributed by atoms with van der Waals surface area (Å²) in [5, 5.41) is 10.00.